The fourth-order valence-electron chi connectivity index (χ4n) is 1.45. The summed E-state index contributed by atoms with van der Waals surface area (Å²) in [5, 5.41) is 1.88. The van der Waals surface area contributed by atoms with Crippen molar-refractivity contribution in [1.82, 2.24) is 0 Å². The Kier molecular flexibility index (Phi) is 4.50. The maximum atomic E-state index is 13.4. The molecule has 2 rings (SSSR count). The van der Waals surface area contributed by atoms with Crippen LogP contribution in [0.15, 0.2) is 29.6 Å². The van der Waals surface area contributed by atoms with Gasteiger partial charge in [0.2, 0.25) is 0 Å². The van der Waals surface area contributed by atoms with Crippen molar-refractivity contribution in [2.45, 2.75) is 6.61 Å². The van der Waals surface area contributed by atoms with Gasteiger partial charge in [0, 0.05) is 11.6 Å². The van der Waals surface area contributed by atoms with Crippen LogP contribution in [0.1, 0.15) is 10.4 Å². The van der Waals surface area contributed by atoms with Crippen molar-refractivity contribution < 1.29 is 13.5 Å². The van der Waals surface area contributed by atoms with E-state index in [0.717, 1.165) is 22.6 Å². The minimum Gasteiger partial charge on any atom is -0.485 e. The molecule has 0 saturated carbocycles. The Morgan fingerprint density at radius 1 is 1.26 bits per heavy atom. The maximum absolute atomic E-state index is 13.4. The number of halogens is 2. The molecule has 0 unspecified atom stereocenters. The number of thiophene rings is 1. The number of ether oxygens (including phenoxy) is 1. The Hall–Kier alpha value is -1.90. The van der Waals surface area contributed by atoms with Crippen LogP contribution in [0.4, 0.5) is 8.78 Å². The molecule has 0 amide bonds. The van der Waals surface area contributed by atoms with Crippen molar-refractivity contribution in [2.75, 3.05) is 6.54 Å². The second-order valence-electron chi connectivity index (χ2n) is 3.63. The summed E-state index contributed by atoms with van der Waals surface area (Å²) in [4.78, 5) is 0.879. The number of nitrogens with two attached hydrogens (primary N) is 1. The van der Waals surface area contributed by atoms with Gasteiger partial charge < -0.3 is 10.5 Å². The van der Waals surface area contributed by atoms with Gasteiger partial charge in [-0.2, -0.15) is 0 Å². The zero-order valence-corrected chi connectivity index (χ0v) is 10.8. The van der Waals surface area contributed by atoms with Gasteiger partial charge in [0.1, 0.15) is 12.4 Å². The molecule has 0 bridgehead atoms. The number of hydrogen-bond donors (Lipinski definition) is 1. The molecular weight excluding hydrogens is 268 g/mol. The Morgan fingerprint density at radius 3 is 2.84 bits per heavy atom. The lowest BCUT2D eigenvalue weighted by atomic mass is 10.2. The van der Waals surface area contributed by atoms with Crippen molar-refractivity contribution in [3.05, 3.63) is 51.7 Å². The summed E-state index contributed by atoms with van der Waals surface area (Å²) in [6.07, 6.45) is 0. The second-order valence-corrected chi connectivity index (χ2v) is 4.63. The Morgan fingerprint density at radius 2 is 2.11 bits per heavy atom. The smallest absolute Gasteiger partial charge is 0.167 e. The molecule has 98 valence electrons. The van der Waals surface area contributed by atoms with Gasteiger partial charge >= 0.3 is 0 Å². The minimum absolute atomic E-state index is 0.0209. The van der Waals surface area contributed by atoms with Gasteiger partial charge in [-0.3, -0.25) is 0 Å². The summed E-state index contributed by atoms with van der Waals surface area (Å²) in [5.74, 6) is 4.34. The molecule has 0 atom stereocenters. The van der Waals surface area contributed by atoms with E-state index in [1.807, 2.05) is 11.4 Å². The number of rotatable bonds is 3. The van der Waals surface area contributed by atoms with Gasteiger partial charge in [0.05, 0.1) is 11.4 Å². The van der Waals surface area contributed by atoms with Crippen LogP contribution in [0.3, 0.4) is 0 Å². The van der Waals surface area contributed by atoms with E-state index < -0.39 is 11.6 Å². The fraction of sp³-hybridized carbons (Fsp3) is 0.143. The second kappa shape index (κ2) is 6.32. The summed E-state index contributed by atoms with van der Waals surface area (Å²) in [6, 6.07) is 5.07. The van der Waals surface area contributed by atoms with Gasteiger partial charge in [-0.05, 0) is 23.6 Å². The first-order valence-corrected chi connectivity index (χ1v) is 6.42. The van der Waals surface area contributed by atoms with E-state index in [1.165, 1.54) is 17.4 Å². The lowest BCUT2D eigenvalue weighted by Crippen LogP contribution is -1.98. The van der Waals surface area contributed by atoms with Crippen LogP contribution >= 0.6 is 11.3 Å². The highest BCUT2D eigenvalue weighted by Gasteiger charge is 2.07. The molecule has 0 radical (unpaired) electrons. The van der Waals surface area contributed by atoms with E-state index in [4.69, 9.17) is 10.5 Å². The van der Waals surface area contributed by atoms with E-state index in [0.29, 0.717) is 0 Å². The fourth-order valence-corrected chi connectivity index (χ4v) is 2.19. The molecule has 0 spiro atoms. The SMILES string of the molecule is NCC#Cc1ccsc1COc1ccc(F)cc1F. The Balaban J connectivity index is 2.08. The first-order chi connectivity index (χ1) is 9.20. The molecule has 0 aliphatic heterocycles. The van der Waals surface area contributed by atoms with Gasteiger partial charge in [0.15, 0.2) is 11.6 Å². The predicted octanol–water partition coefficient (Wildman–Crippen LogP) is 2.92. The molecule has 1 aromatic heterocycles. The first-order valence-electron chi connectivity index (χ1n) is 5.54. The lowest BCUT2D eigenvalue weighted by molar-refractivity contribution is 0.292. The van der Waals surface area contributed by atoms with Crippen molar-refractivity contribution in [1.29, 1.82) is 0 Å². The van der Waals surface area contributed by atoms with E-state index in [9.17, 15) is 8.78 Å². The van der Waals surface area contributed by atoms with E-state index >= 15 is 0 Å². The largest absolute Gasteiger partial charge is 0.485 e. The summed E-state index contributed by atoms with van der Waals surface area (Å²) in [6.45, 7) is 0.470. The molecule has 0 aliphatic carbocycles. The van der Waals surface area contributed by atoms with Crippen molar-refractivity contribution >= 4 is 11.3 Å². The molecule has 2 nitrogen and oxygen atoms in total. The average Bonchev–Trinajstić information content (AvgIpc) is 2.83. The molecule has 1 heterocycles. The maximum Gasteiger partial charge on any atom is 0.167 e. The normalized spacial score (nSPS) is 9.84. The molecule has 0 aliphatic rings. The van der Waals surface area contributed by atoms with Crippen molar-refractivity contribution in [3.63, 3.8) is 0 Å². The van der Waals surface area contributed by atoms with Crippen LogP contribution in [0, 0.1) is 23.5 Å². The van der Waals surface area contributed by atoms with E-state index in [1.54, 1.807) is 0 Å². The highest BCUT2D eigenvalue weighted by Crippen LogP contribution is 2.22. The Labute approximate surface area is 113 Å². The standard InChI is InChI=1S/C14H11F2NOS/c15-11-3-4-13(12(16)8-11)18-9-14-10(2-1-6-17)5-7-19-14/h3-5,7-8H,6,9,17H2. The highest BCUT2D eigenvalue weighted by atomic mass is 32.1. The number of hydrogen-bond acceptors (Lipinski definition) is 3. The summed E-state index contributed by atoms with van der Waals surface area (Å²) >= 11 is 1.46. The molecule has 1 aromatic carbocycles. The van der Waals surface area contributed by atoms with Gasteiger partial charge in [-0.1, -0.05) is 11.8 Å². The molecule has 19 heavy (non-hydrogen) atoms. The minimum atomic E-state index is -0.717. The third kappa shape index (κ3) is 3.53. The summed E-state index contributed by atoms with van der Waals surface area (Å²) < 4.78 is 31.4. The average molecular weight is 279 g/mol. The van der Waals surface area contributed by atoms with Crippen LogP contribution in [0.25, 0.3) is 0 Å². The summed E-state index contributed by atoms with van der Waals surface area (Å²) in [5.41, 5.74) is 6.13. The van der Waals surface area contributed by atoms with Gasteiger partial charge in [-0.25, -0.2) is 8.78 Å². The molecule has 2 aromatic rings. The molecule has 5 heteroatoms. The Bertz CT molecular complexity index is 628. The topological polar surface area (TPSA) is 35.2 Å². The van der Waals surface area contributed by atoms with Crippen LogP contribution < -0.4 is 10.5 Å². The zero-order chi connectivity index (χ0) is 13.7. The van der Waals surface area contributed by atoms with E-state index in [2.05, 4.69) is 11.8 Å². The monoisotopic (exact) mass is 279 g/mol. The lowest BCUT2D eigenvalue weighted by Gasteiger charge is -2.06. The highest BCUT2D eigenvalue weighted by molar-refractivity contribution is 7.10. The van der Waals surface area contributed by atoms with Gasteiger partial charge in [0.25, 0.3) is 0 Å². The zero-order valence-electron chi connectivity index (χ0n) is 9.95. The first kappa shape index (κ1) is 13.5. The third-order valence-corrected chi connectivity index (χ3v) is 3.22. The predicted molar refractivity (Wildman–Crippen MR) is 70.9 cm³/mol. The van der Waals surface area contributed by atoms with Crippen LogP contribution in [0.5, 0.6) is 5.75 Å². The van der Waals surface area contributed by atoms with Crippen LogP contribution in [0.2, 0.25) is 0 Å². The van der Waals surface area contributed by atoms with Gasteiger partial charge in [-0.15, -0.1) is 11.3 Å². The number of benzene rings is 1. The molecule has 0 fully saturated rings. The summed E-state index contributed by atoms with van der Waals surface area (Å²) in [7, 11) is 0. The molecular formula is C14H11F2NOS. The third-order valence-electron chi connectivity index (χ3n) is 2.32. The molecule has 2 N–H and O–H groups in total. The van der Waals surface area contributed by atoms with Crippen LogP contribution in [-0.4, -0.2) is 6.54 Å². The van der Waals surface area contributed by atoms with Crippen molar-refractivity contribution in [2.24, 2.45) is 5.73 Å². The van der Waals surface area contributed by atoms with Crippen molar-refractivity contribution in [3.8, 4) is 17.6 Å². The quantitative estimate of drug-likeness (QED) is 0.877. The van der Waals surface area contributed by atoms with Crippen LogP contribution in [-0.2, 0) is 6.61 Å². The van der Waals surface area contributed by atoms with E-state index in [-0.39, 0.29) is 18.9 Å². The molecule has 0 saturated heterocycles.